The predicted octanol–water partition coefficient (Wildman–Crippen LogP) is 5.73. The largest absolute Gasteiger partial charge is 0.484 e. The van der Waals surface area contributed by atoms with Crippen molar-refractivity contribution in [1.82, 2.24) is 14.5 Å². The molecule has 1 heterocycles. The number of amides is 1. The smallest absolute Gasteiger partial charge is 0.266 e. The summed E-state index contributed by atoms with van der Waals surface area (Å²) in [4.78, 5) is 33.6. The third kappa shape index (κ3) is 5.23. The molecule has 0 radical (unpaired) electrons. The molecule has 1 amide bonds. The van der Waals surface area contributed by atoms with Crippen LogP contribution in [0.25, 0.3) is 16.6 Å². The van der Waals surface area contributed by atoms with Crippen LogP contribution in [0.2, 0.25) is 5.02 Å². The highest BCUT2D eigenvalue weighted by Gasteiger charge is 2.28. The Balaban J connectivity index is 1.76. The minimum absolute atomic E-state index is 0.131. The fourth-order valence-electron chi connectivity index (χ4n) is 4.19. The normalized spacial score (nSPS) is 11.9. The number of ether oxygens (including phenoxy) is 1. The second kappa shape index (κ2) is 10.7. The van der Waals surface area contributed by atoms with Gasteiger partial charge in [-0.15, -0.1) is 0 Å². The van der Waals surface area contributed by atoms with E-state index in [1.54, 1.807) is 39.8 Å². The lowest BCUT2D eigenvalue weighted by Gasteiger charge is -2.31. The Kier molecular flexibility index (Phi) is 7.51. The van der Waals surface area contributed by atoms with E-state index in [0.29, 0.717) is 46.2 Å². The van der Waals surface area contributed by atoms with Gasteiger partial charge in [-0.1, -0.05) is 48.4 Å². The number of likely N-dealkylation sites (N-methyl/N-ethyl adjacent to an activating group) is 1. The number of benzene rings is 3. The van der Waals surface area contributed by atoms with Crippen molar-refractivity contribution in [2.45, 2.75) is 33.2 Å². The van der Waals surface area contributed by atoms with E-state index in [2.05, 4.69) is 0 Å². The first kappa shape index (κ1) is 24.5. The summed E-state index contributed by atoms with van der Waals surface area (Å²) in [6, 6.07) is 21.5. The topological polar surface area (TPSA) is 64.4 Å². The molecule has 3 aromatic carbocycles. The molecule has 0 saturated heterocycles. The predicted molar refractivity (Wildman–Crippen MR) is 139 cm³/mol. The number of rotatable bonds is 8. The molecular formula is C28H28ClN3O3. The Morgan fingerprint density at radius 1 is 1.03 bits per heavy atom. The average Bonchev–Trinajstić information content (AvgIpc) is 2.87. The molecule has 4 aromatic rings. The lowest BCUT2D eigenvalue weighted by molar-refractivity contribution is -0.136. The Morgan fingerprint density at radius 2 is 1.71 bits per heavy atom. The van der Waals surface area contributed by atoms with Crippen molar-refractivity contribution in [3.05, 3.63) is 99.6 Å². The summed E-state index contributed by atoms with van der Waals surface area (Å²) < 4.78 is 7.35. The molecule has 0 fully saturated rings. The number of hydrogen-bond donors (Lipinski definition) is 0. The maximum atomic E-state index is 13.7. The molecule has 4 rings (SSSR count). The molecule has 7 heteroatoms. The van der Waals surface area contributed by atoms with Gasteiger partial charge in [0.15, 0.2) is 6.61 Å². The molecule has 1 atom stereocenters. The molecule has 0 aliphatic carbocycles. The van der Waals surface area contributed by atoms with E-state index in [9.17, 15) is 9.59 Å². The zero-order valence-electron chi connectivity index (χ0n) is 20.1. The van der Waals surface area contributed by atoms with E-state index >= 15 is 0 Å². The van der Waals surface area contributed by atoms with Gasteiger partial charge in [0, 0.05) is 11.6 Å². The third-order valence-corrected chi connectivity index (χ3v) is 6.24. The maximum Gasteiger partial charge on any atom is 0.266 e. The number of hydrogen-bond acceptors (Lipinski definition) is 4. The quantitative estimate of drug-likeness (QED) is 0.317. The second-order valence-corrected chi connectivity index (χ2v) is 8.75. The molecule has 6 nitrogen and oxygen atoms in total. The van der Waals surface area contributed by atoms with Crippen molar-refractivity contribution in [3.8, 4) is 11.4 Å². The van der Waals surface area contributed by atoms with Gasteiger partial charge in [0.2, 0.25) is 0 Å². The lowest BCUT2D eigenvalue weighted by atomic mass is 10.1. The first-order chi connectivity index (χ1) is 16.9. The first-order valence-corrected chi connectivity index (χ1v) is 12.1. The van der Waals surface area contributed by atoms with Crippen LogP contribution >= 0.6 is 11.6 Å². The number of aryl methyl sites for hydroxylation is 1. The van der Waals surface area contributed by atoms with Crippen LogP contribution in [0.4, 0.5) is 0 Å². The molecule has 35 heavy (non-hydrogen) atoms. The van der Waals surface area contributed by atoms with Crippen LogP contribution in [0.5, 0.6) is 5.75 Å². The number of fused-ring (bicyclic) bond motifs is 1. The molecule has 0 bridgehead atoms. The molecular weight excluding hydrogens is 462 g/mol. The molecule has 0 saturated carbocycles. The fraction of sp³-hybridized carbons (Fsp3) is 0.250. The standard InChI is InChI=1S/C28H28ClN3O3/c1-4-25(31(5-2)26(33)18-35-22-16-12-20(29)13-17-22)27-30-24-9-7-6-8-23(24)28(34)32(27)21-14-10-19(3)11-15-21/h6-17,25H,4-5,18H2,1-3H3. The van der Waals surface area contributed by atoms with Gasteiger partial charge in [-0.05, 0) is 68.8 Å². The third-order valence-electron chi connectivity index (χ3n) is 5.99. The number of halogens is 1. The summed E-state index contributed by atoms with van der Waals surface area (Å²) in [6.45, 7) is 6.21. The zero-order chi connectivity index (χ0) is 24.9. The molecule has 1 unspecified atom stereocenters. The molecule has 0 N–H and O–H groups in total. The molecule has 180 valence electrons. The maximum absolute atomic E-state index is 13.7. The van der Waals surface area contributed by atoms with E-state index in [-0.39, 0.29) is 18.1 Å². The molecule has 0 aliphatic heterocycles. The average molecular weight is 490 g/mol. The van der Waals surface area contributed by atoms with Crippen LogP contribution in [-0.4, -0.2) is 33.5 Å². The van der Waals surface area contributed by atoms with Gasteiger partial charge >= 0.3 is 0 Å². The van der Waals surface area contributed by atoms with E-state index in [0.717, 1.165) is 5.56 Å². The molecule has 1 aromatic heterocycles. The van der Waals surface area contributed by atoms with E-state index in [1.165, 1.54) is 0 Å². The van der Waals surface area contributed by atoms with Crippen molar-refractivity contribution >= 4 is 28.4 Å². The van der Waals surface area contributed by atoms with Gasteiger partial charge in [0.25, 0.3) is 11.5 Å². The fourth-order valence-corrected chi connectivity index (χ4v) is 4.31. The summed E-state index contributed by atoms with van der Waals surface area (Å²) in [7, 11) is 0. The Labute approximate surface area is 209 Å². The van der Waals surface area contributed by atoms with Crippen molar-refractivity contribution in [1.29, 1.82) is 0 Å². The Hall–Kier alpha value is -3.64. The lowest BCUT2D eigenvalue weighted by Crippen LogP contribution is -2.40. The monoisotopic (exact) mass is 489 g/mol. The van der Waals surface area contributed by atoms with Gasteiger partial charge < -0.3 is 9.64 Å². The summed E-state index contributed by atoms with van der Waals surface area (Å²) >= 11 is 5.94. The SMILES string of the molecule is CCC(c1nc2ccccc2c(=O)n1-c1ccc(C)cc1)N(CC)C(=O)COc1ccc(Cl)cc1. The van der Waals surface area contributed by atoms with Gasteiger partial charge in [-0.25, -0.2) is 4.98 Å². The summed E-state index contributed by atoms with van der Waals surface area (Å²) in [5, 5.41) is 1.13. The van der Waals surface area contributed by atoms with E-state index < -0.39 is 6.04 Å². The Morgan fingerprint density at radius 3 is 2.37 bits per heavy atom. The van der Waals surface area contributed by atoms with Gasteiger partial charge in [0.1, 0.15) is 11.6 Å². The van der Waals surface area contributed by atoms with Crippen LogP contribution in [0.15, 0.2) is 77.6 Å². The highest BCUT2D eigenvalue weighted by Crippen LogP contribution is 2.26. The summed E-state index contributed by atoms with van der Waals surface area (Å²) in [5.41, 5.74) is 2.26. The first-order valence-electron chi connectivity index (χ1n) is 11.7. The highest BCUT2D eigenvalue weighted by atomic mass is 35.5. The summed E-state index contributed by atoms with van der Waals surface area (Å²) in [5.74, 6) is 0.904. The molecule has 0 spiro atoms. The molecule has 0 aliphatic rings. The van der Waals surface area contributed by atoms with Crippen molar-refractivity contribution < 1.29 is 9.53 Å². The van der Waals surface area contributed by atoms with Crippen LogP contribution in [0.3, 0.4) is 0 Å². The van der Waals surface area contributed by atoms with E-state index in [1.807, 2.05) is 63.2 Å². The number of para-hydroxylation sites is 1. The highest BCUT2D eigenvalue weighted by molar-refractivity contribution is 6.30. The van der Waals surface area contributed by atoms with E-state index in [4.69, 9.17) is 21.3 Å². The van der Waals surface area contributed by atoms with Crippen LogP contribution in [0.1, 0.15) is 37.7 Å². The number of aromatic nitrogens is 2. The number of carbonyl (C=O) groups is 1. The van der Waals surface area contributed by atoms with Gasteiger partial charge in [-0.3, -0.25) is 14.2 Å². The van der Waals surface area contributed by atoms with Crippen LogP contribution < -0.4 is 10.3 Å². The van der Waals surface area contributed by atoms with Gasteiger partial charge in [0.05, 0.1) is 22.6 Å². The zero-order valence-corrected chi connectivity index (χ0v) is 20.8. The summed E-state index contributed by atoms with van der Waals surface area (Å²) in [6.07, 6.45) is 0.581. The van der Waals surface area contributed by atoms with Gasteiger partial charge in [-0.2, -0.15) is 0 Å². The van der Waals surface area contributed by atoms with Crippen molar-refractivity contribution in [2.24, 2.45) is 0 Å². The van der Waals surface area contributed by atoms with Crippen LogP contribution in [-0.2, 0) is 4.79 Å². The number of carbonyl (C=O) groups excluding carboxylic acids is 1. The van der Waals surface area contributed by atoms with Crippen molar-refractivity contribution in [2.75, 3.05) is 13.2 Å². The second-order valence-electron chi connectivity index (χ2n) is 8.31. The van der Waals surface area contributed by atoms with Crippen LogP contribution in [0, 0.1) is 6.92 Å². The van der Waals surface area contributed by atoms with Crippen molar-refractivity contribution in [3.63, 3.8) is 0 Å². The number of nitrogens with zero attached hydrogens (tertiary/aromatic N) is 3. The minimum atomic E-state index is -0.417. The minimum Gasteiger partial charge on any atom is -0.484 e. The Bertz CT molecular complexity index is 1380.